The first-order valence-corrected chi connectivity index (χ1v) is 5.98. The Morgan fingerprint density at radius 3 is 2.81 bits per heavy atom. The van der Waals surface area contributed by atoms with Gasteiger partial charge in [-0.3, -0.25) is 0 Å². The van der Waals surface area contributed by atoms with Gasteiger partial charge in [-0.05, 0) is 26.9 Å². The van der Waals surface area contributed by atoms with E-state index in [1.54, 1.807) is 12.4 Å². The monoisotopic (exact) mass is 240 g/mol. The van der Waals surface area contributed by atoms with Gasteiger partial charge >= 0.3 is 0 Å². The maximum absolute atomic E-state index is 6.08. The van der Waals surface area contributed by atoms with E-state index in [1.165, 1.54) is 0 Å². The molecule has 0 aliphatic carbocycles. The van der Waals surface area contributed by atoms with E-state index in [4.69, 9.17) is 11.6 Å². The molecule has 88 valence electrons. The molecule has 4 nitrogen and oxygen atoms in total. The van der Waals surface area contributed by atoms with Gasteiger partial charge in [0.25, 0.3) is 0 Å². The number of halogens is 1. The lowest BCUT2D eigenvalue weighted by Gasteiger charge is -2.29. The molecule has 1 atom stereocenters. The van der Waals surface area contributed by atoms with E-state index < -0.39 is 0 Å². The van der Waals surface area contributed by atoms with Gasteiger partial charge in [0.15, 0.2) is 11.0 Å². The van der Waals surface area contributed by atoms with Gasteiger partial charge in [-0.2, -0.15) is 0 Å². The predicted octanol–water partition coefficient (Wildman–Crippen LogP) is 1.66. The Labute approximate surface area is 101 Å². The zero-order chi connectivity index (χ0) is 11.5. The van der Waals surface area contributed by atoms with Crippen LogP contribution < -0.4 is 4.90 Å². The first kappa shape index (κ1) is 11.6. The fourth-order valence-electron chi connectivity index (χ4n) is 2.19. The van der Waals surface area contributed by atoms with Gasteiger partial charge in [0.1, 0.15) is 0 Å². The molecule has 0 spiro atoms. The maximum atomic E-state index is 6.08. The fourth-order valence-corrected chi connectivity index (χ4v) is 2.41. The van der Waals surface area contributed by atoms with Gasteiger partial charge in [0, 0.05) is 31.5 Å². The molecule has 2 rings (SSSR count). The second-order valence-corrected chi connectivity index (χ2v) is 4.69. The Bertz CT molecular complexity index is 358. The molecule has 2 heterocycles. The van der Waals surface area contributed by atoms with Crippen molar-refractivity contribution in [3.63, 3.8) is 0 Å². The molecule has 5 heteroatoms. The van der Waals surface area contributed by atoms with Crippen molar-refractivity contribution in [2.75, 3.05) is 31.6 Å². The molecule has 0 bridgehead atoms. The molecule has 1 aliphatic heterocycles. The Morgan fingerprint density at radius 2 is 2.06 bits per heavy atom. The van der Waals surface area contributed by atoms with Crippen LogP contribution in [0.2, 0.25) is 5.15 Å². The predicted molar refractivity (Wildman–Crippen MR) is 66.0 cm³/mol. The molecular weight excluding hydrogens is 224 g/mol. The maximum Gasteiger partial charge on any atom is 0.171 e. The van der Waals surface area contributed by atoms with Gasteiger partial charge in [-0.1, -0.05) is 11.6 Å². The van der Waals surface area contributed by atoms with Gasteiger partial charge in [0.05, 0.1) is 0 Å². The van der Waals surface area contributed by atoms with E-state index in [2.05, 4.69) is 33.7 Å². The molecule has 0 aromatic carbocycles. The summed E-state index contributed by atoms with van der Waals surface area (Å²) in [7, 11) is 2.15. The second kappa shape index (κ2) is 4.97. The van der Waals surface area contributed by atoms with Crippen molar-refractivity contribution in [2.24, 2.45) is 0 Å². The van der Waals surface area contributed by atoms with Crippen LogP contribution >= 0.6 is 11.6 Å². The van der Waals surface area contributed by atoms with Crippen molar-refractivity contribution < 1.29 is 0 Å². The molecule has 1 unspecified atom stereocenters. The number of likely N-dealkylation sites (N-methyl/N-ethyl adjacent to an activating group) is 1. The van der Waals surface area contributed by atoms with Crippen LogP contribution in [0, 0.1) is 0 Å². The lowest BCUT2D eigenvalue weighted by molar-refractivity contribution is 0.337. The number of hydrogen-bond donors (Lipinski definition) is 0. The standard InChI is InChI=1S/C11H17ClN4/c1-9-8-15(2)6-3-7-16(9)11-10(12)13-4-5-14-11/h4-5,9H,3,6-8H2,1-2H3. The lowest BCUT2D eigenvalue weighted by Crippen LogP contribution is -2.38. The van der Waals surface area contributed by atoms with E-state index in [9.17, 15) is 0 Å². The van der Waals surface area contributed by atoms with E-state index in [0.717, 1.165) is 31.9 Å². The van der Waals surface area contributed by atoms with Crippen LogP contribution in [0.3, 0.4) is 0 Å². The lowest BCUT2D eigenvalue weighted by atomic mass is 10.3. The number of hydrogen-bond acceptors (Lipinski definition) is 4. The number of nitrogens with zero attached hydrogens (tertiary/aromatic N) is 4. The third kappa shape index (κ3) is 2.44. The van der Waals surface area contributed by atoms with Crippen LogP contribution in [-0.2, 0) is 0 Å². The summed E-state index contributed by atoms with van der Waals surface area (Å²) in [5.41, 5.74) is 0. The molecule has 1 saturated heterocycles. The second-order valence-electron chi connectivity index (χ2n) is 4.33. The average molecular weight is 241 g/mol. The average Bonchev–Trinajstić information content (AvgIpc) is 2.40. The van der Waals surface area contributed by atoms with Crippen LogP contribution in [0.1, 0.15) is 13.3 Å². The first-order valence-electron chi connectivity index (χ1n) is 5.60. The van der Waals surface area contributed by atoms with Gasteiger partial charge in [-0.15, -0.1) is 0 Å². The number of rotatable bonds is 1. The molecule has 1 aliphatic rings. The highest BCUT2D eigenvalue weighted by Crippen LogP contribution is 2.23. The number of aromatic nitrogens is 2. The topological polar surface area (TPSA) is 32.3 Å². The highest BCUT2D eigenvalue weighted by atomic mass is 35.5. The van der Waals surface area contributed by atoms with Crippen molar-refractivity contribution in [1.82, 2.24) is 14.9 Å². The van der Waals surface area contributed by atoms with Crippen LogP contribution in [0.25, 0.3) is 0 Å². The summed E-state index contributed by atoms with van der Waals surface area (Å²) in [6.07, 6.45) is 4.46. The molecule has 1 fully saturated rings. The molecule has 1 aromatic heterocycles. The van der Waals surface area contributed by atoms with Gasteiger partial charge in [-0.25, -0.2) is 9.97 Å². The summed E-state index contributed by atoms with van der Waals surface area (Å²) in [5.74, 6) is 0.812. The normalized spacial score (nSPS) is 23.2. The number of anilines is 1. The molecular formula is C11H17ClN4. The Kier molecular flexibility index (Phi) is 3.61. The van der Waals surface area contributed by atoms with E-state index in [-0.39, 0.29) is 0 Å². The van der Waals surface area contributed by atoms with Crippen molar-refractivity contribution >= 4 is 17.4 Å². The minimum atomic E-state index is 0.418. The minimum Gasteiger partial charge on any atom is -0.350 e. The van der Waals surface area contributed by atoms with Crippen molar-refractivity contribution in [3.8, 4) is 0 Å². The first-order chi connectivity index (χ1) is 7.68. The quantitative estimate of drug-likeness (QED) is 0.748. The summed E-state index contributed by atoms with van der Waals surface area (Å²) in [4.78, 5) is 13.0. The molecule has 0 saturated carbocycles. The Balaban J connectivity index is 2.22. The van der Waals surface area contributed by atoms with E-state index >= 15 is 0 Å². The largest absolute Gasteiger partial charge is 0.350 e. The summed E-state index contributed by atoms with van der Waals surface area (Å²) < 4.78 is 0. The summed E-state index contributed by atoms with van der Waals surface area (Å²) in [6.45, 7) is 5.35. The summed E-state index contributed by atoms with van der Waals surface area (Å²) in [5, 5.41) is 0.499. The fraction of sp³-hybridized carbons (Fsp3) is 0.636. The van der Waals surface area contributed by atoms with Gasteiger partial charge in [0.2, 0.25) is 0 Å². The third-order valence-corrected chi connectivity index (χ3v) is 3.22. The Hall–Kier alpha value is -0.870. The molecule has 16 heavy (non-hydrogen) atoms. The Morgan fingerprint density at radius 1 is 1.31 bits per heavy atom. The molecule has 0 radical (unpaired) electrons. The highest BCUT2D eigenvalue weighted by Gasteiger charge is 2.22. The van der Waals surface area contributed by atoms with Crippen LogP contribution in [-0.4, -0.2) is 47.6 Å². The van der Waals surface area contributed by atoms with Crippen LogP contribution in [0.5, 0.6) is 0 Å². The SMILES string of the molecule is CC1CN(C)CCCN1c1nccnc1Cl. The zero-order valence-corrected chi connectivity index (χ0v) is 10.5. The van der Waals surface area contributed by atoms with Crippen molar-refractivity contribution in [3.05, 3.63) is 17.5 Å². The van der Waals surface area contributed by atoms with Crippen molar-refractivity contribution in [2.45, 2.75) is 19.4 Å². The van der Waals surface area contributed by atoms with Crippen LogP contribution in [0.4, 0.5) is 5.82 Å². The smallest absolute Gasteiger partial charge is 0.171 e. The van der Waals surface area contributed by atoms with Crippen LogP contribution in [0.15, 0.2) is 12.4 Å². The minimum absolute atomic E-state index is 0.418. The van der Waals surface area contributed by atoms with E-state index in [0.29, 0.717) is 11.2 Å². The molecule has 1 aromatic rings. The zero-order valence-electron chi connectivity index (χ0n) is 9.73. The highest BCUT2D eigenvalue weighted by molar-refractivity contribution is 6.31. The third-order valence-electron chi connectivity index (χ3n) is 2.95. The molecule has 0 N–H and O–H groups in total. The van der Waals surface area contributed by atoms with Crippen molar-refractivity contribution in [1.29, 1.82) is 0 Å². The van der Waals surface area contributed by atoms with Gasteiger partial charge < -0.3 is 9.80 Å². The summed E-state index contributed by atoms with van der Waals surface area (Å²) in [6, 6.07) is 0.418. The van der Waals surface area contributed by atoms with E-state index in [1.807, 2.05) is 0 Å². The summed E-state index contributed by atoms with van der Waals surface area (Å²) >= 11 is 6.08. The molecule has 0 amide bonds.